The molecule has 0 fully saturated rings. The molecule has 3 rings (SSSR count). The smallest absolute Gasteiger partial charge is 0.191 e. The molecule has 1 atom stereocenters. The van der Waals surface area contributed by atoms with Crippen LogP contribution in [0.2, 0.25) is 15.1 Å². The number of rotatable bonds is 9. The van der Waals surface area contributed by atoms with Crippen molar-refractivity contribution < 1.29 is 14.6 Å². The Morgan fingerprint density at radius 3 is 2.48 bits per heavy atom. The molecule has 0 saturated carbocycles. The number of ether oxygens (including phenoxy) is 2. The van der Waals surface area contributed by atoms with Gasteiger partial charge in [0.05, 0.1) is 11.1 Å². The second-order valence-electron chi connectivity index (χ2n) is 6.05. The number of thioether (sulfide) groups is 1. The number of hydrogen-bond acceptors (Lipinski definition) is 6. The molecule has 1 aromatic heterocycles. The van der Waals surface area contributed by atoms with E-state index in [-0.39, 0.29) is 13.2 Å². The van der Waals surface area contributed by atoms with Crippen molar-refractivity contribution in [2.45, 2.75) is 17.9 Å². The zero-order valence-electron chi connectivity index (χ0n) is 15.4. The number of benzene rings is 2. The van der Waals surface area contributed by atoms with Gasteiger partial charge >= 0.3 is 0 Å². The van der Waals surface area contributed by atoms with Gasteiger partial charge < -0.3 is 19.1 Å². The van der Waals surface area contributed by atoms with Crippen molar-refractivity contribution in [3.05, 3.63) is 63.4 Å². The fourth-order valence-electron chi connectivity index (χ4n) is 2.27. The van der Waals surface area contributed by atoms with E-state index in [9.17, 15) is 5.11 Å². The lowest BCUT2D eigenvalue weighted by atomic mass is 10.3. The third kappa shape index (κ3) is 6.42. The molecule has 0 radical (unpaired) electrons. The molecule has 154 valence electrons. The molecule has 0 amide bonds. The SMILES string of the molecule is Cn1c(COc2ccc(Cl)cc2)nnc1SC[C@@H](O)COc1ccc(Cl)cc1Cl. The molecule has 0 unspecified atom stereocenters. The number of aliphatic hydroxyl groups excluding tert-OH is 1. The first-order valence-corrected chi connectivity index (χ1v) is 10.7. The lowest BCUT2D eigenvalue weighted by molar-refractivity contribution is 0.126. The van der Waals surface area contributed by atoms with Gasteiger partial charge in [0.1, 0.15) is 24.7 Å². The van der Waals surface area contributed by atoms with Gasteiger partial charge in [0.2, 0.25) is 0 Å². The van der Waals surface area contributed by atoms with Gasteiger partial charge in [-0.15, -0.1) is 10.2 Å². The number of halogens is 3. The van der Waals surface area contributed by atoms with Gasteiger partial charge in [0.15, 0.2) is 11.0 Å². The van der Waals surface area contributed by atoms with E-state index in [0.29, 0.717) is 43.3 Å². The van der Waals surface area contributed by atoms with E-state index >= 15 is 0 Å². The van der Waals surface area contributed by atoms with E-state index in [1.54, 1.807) is 42.5 Å². The summed E-state index contributed by atoms with van der Waals surface area (Å²) >= 11 is 19.1. The van der Waals surface area contributed by atoms with Gasteiger partial charge in [0, 0.05) is 22.8 Å². The highest BCUT2D eigenvalue weighted by molar-refractivity contribution is 7.99. The van der Waals surface area contributed by atoms with Crippen LogP contribution in [0.15, 0.2) is 47.6 Å². The maximum Gasteiger partial charge on any atom is 0.191 e. The molecule has 0 aliphatic heterocycles. The van der Waals surface area contributed by atoms with Crippen molar-refractivity contribution in [2.24, 2.45) is 7.05 Å². The predicted octanol–water partition coefficient (Wildman–Crippen LogP) is 4.89. The molecule has 0 aliphatic carbocycles. The molecule has 2 aromatic carbocycles. The first-order valence-electron chi connectivity index (χ1n) is 8.57. The maximum atomic E-state index is 10.2. The third-order valence-electron chi connectivity index (χ3n) is 3.84. The number of nitrogens with zero attached hydrogens (tertiary/aromatic N) is 3. The monoisotopic (exact) mass is 473 g/mol. The molecular formula is C19H18Cl3N3O3S. The summed E-state index contributed by atoms with van der Waals surface area (Å²) in [7, 11) is 1.85. The summed E-state index contributed by atoms with van der Waals surface area (Å²) in [5.74, 6) is 2.22. The Hall–Kier alpha value is -1.64. The number of hydrogen-bond donors (Lipinski definition) is 1. The van der Waals surface area contributed by atoms with Crippen LogP contribution in [-0.4, -0.2) is 38.3 Å². The average molecular weight is 475 g/mol. The lowest BCUT2D eigenvalue weighted by Gasteiger charge is -2.13. The Balaban J connectivity index is 1.47. The number of aromatic nitrogens is 3. The van der Waals surface area contributed by atoms with Crippen LogP contribution in [0.25, 0.3) is 0 Å². The fourth-order valence-corrected chi connectivity index (χ4v) is 3.70. The first-order chi connectivity index (χ1) is 13.9. The van der Waals surface area contributed by atoms with Gasteiger partial charge in [-0.3, -0.25) is 0 Å². The van der Waals surface area contributed by atoms with Gasteiger partial charge in [-0.1, -0.05) is 46.6 Å². The molecule has 0 aliphatic rings. The van der Waals surface area contributed by atoms with Gasteiger partial charge in [-0.2, -0.15) is 0 Å². The summed E-state index contributed by atoms with van der Waals surface area (Å²) in [5, 5.41) is 20.7. The molecule has 0 bridgehead atoms. The van der Waals surface area contributed by atoms with Crippen molar-refractivity contribution in [1.29, 1.82) is 0 Å². The van der Waals surface area contributed by atoms with E-state index in [4.69, 9.17) is 44.3 Å². The Morgan fingerprint density at radius 1 is 1.03 bits per heavy atom. The van der Waals surface area contributed by atoms with Crippen LogP contribution in [0.1, 0.15) is 5.82 Å². The molecular weight excluding hydrogens is 457 g/mol. The van der Waals surface area contributed by atoms with Gasteiger partial charge in [-0.05, 0) is 42.5 Å². The van der Waals surface area contributed by atoms with Gasteiger partial charge in [0.25, 0.3) is 0 Å². The van der Waals surface area contributed by atoms with Crippen LogP contribution < -0.4 is 9.47 Å². The van der Waals surface area contributed by atoms with Crippen molar-refractivity contribution in [2.75, 3.05) is 12.4 Å². The highest BCUT2D eigenvalue weighted by atomic mass is 35.5. The second-order valence-corrected chi connectivity index (χ2v) is 8.32. The standard InChI is InChI=1S/C19H18Cl3N3O3S/c1-25-18(10-27-15-5-2-12(20)3-6-15)23-24-19(25)29-11-14(26)9-28-17-7-4-13(21)8-16(17)22/h2-8,14,26H,9-11H2,1H3/t14-/m0/s1. The molecule has 6 nitrogen and oxygen atoms in total. The predicted molar refractivity (Wildman–Crippen MR) is 115 cm³/mol. The Labute approximate surface area is 187 Å². The minimum atomic E-state index is -0.711. The van der Waals surface area contributed by atoms with Crippen molar-refractivity contribution in [3.8, 4) is 11.5 Å². The molecule has 1 N–H and O–H groups in total. The van der Waals surface area contributed by atoms with Crippen LogP contribution >= 0.6 is 46.6 Å². The van der Waals surface area contributed by atoms with Crippen LogP contribution in [0.3, 0.4) is 0 Å². The Bertz CT molecular complexity index is 954. The van der Waals surface area contributed by atoms with E-state index in [2.05, 4.69) is 10.2 Å². The summed E-state index contributed by atoms with van der Waals surface area (Å²) in [6.07, 6.45) is -0.711. The quantitative estimate of drug-likeness (QED) is 0.446. The molecule has 0 saturated heterocycles. The Kier molecular flexibility index (Phi) is 7.91. The normalized spacial score (nSPS) is 12.0. The topological polar surface area (TPSA) is 69.4 Å². The minimum absolute atomic E-state index is 0.0960. The van der Waals surface area contributed by atoms with Crippen LogP contribution in [-0.2, 0) is 13.7 Å². The molecule has 0 spiro atoms. The summed E-state index contributed by atoms with van der Waals surface area (Å²) in [6, 6.07) is 12.0. The molecule has 10 heteroatoms. The van der Waals surface area contributed by atoms with Crippen LogP contribution in [0, 0.1) is 0 Å². The number of aliphatic hydroxyl groups is 1. The van der Waals surface area contributed by atoms with Crippen LogP contribution in [0.4, 0.5) is 0 Å². The fraction of sp³-hybridized carbons (Fsp3) is 0.263. The average Bonchev–Trinajstić information content (AvgIpc) is 3.05. The Morgan fingerprint density at radius 2 is 1.76 bits per heavy atom. The molecule has 29 heavy (non-hydrogen) atoms. The van der Waals surface area contributed by atoms with Gasteiger partial charge in [-0.25, -0.2) is 0 Å². The summed E-state index contributed by atoms with van der Waals surface area (Å²) in [5.41, 5.74) is 0. The maximum absolute atomic E-state index is 10.2. The minimum Gasteiger partial charge on any atom is -0.489 e. The zero-order chi connectivity index (χ0) is 20.8. The molecule has 3 aromatic rings. The van der Waals surface area contributed by atoms with Crippen molar-refractivity contribution in [3.63, 3.8) is 0 Å². The summed E-state index contributed by atoms with van der Waals surface area (Å²) in [6.45, 7) is 0.366. The first kappa shape index (κ1) is 22.1. The van der Waals surface area contributed by atoms with Crippen molar-refractivity contribution >= 4 is 46.6 Å². The van der Waals surface area contributed by atoms with E-state index < -0.39 is 6.10 Å². The summed E-state index contributed by atoms with van der Waals surface area (Å²) in [4.78, 5) is 0. The van der Waals surface area contributed by atoms with Crippen LogP contribution in [0.5, 0.6) is 11.5 Å². The van der Waals surface area contributed by atoms with Crippen molar-refractivity contribution in [1.82, 2.24) is 14.8 Å². The van der Waals surface area contributed by atoms with E-state index in [0.717, 1.165) is 0 Å². The second kappa shape index (κ2) is 10.4. The highest BCUT2D eigenvalue weighted by Gasteiger charge is 2.14. The summed E-state index contributed by atoms with van der Waals surface area (Å²) < 4.78 is 13.1. The zero-order valence-corrected chi connectivity index (χ0v) is 18.5. The molecule has 1 heterocycles. The highest BCUT2D eigenvalue weighted by Crippen LogP contribution is 2.28. The third-order valence-corrected chi connectivity index (χ3v) is 5.78. The van der Waals surface area contributed by atoms with E-state index in [1.165, 1.54) is 11.8 Å². The lowest BCUT2D eigenvalue weighted by Crippen LogP contribution is -2.20. The van der Waals surface area contributed by atoms with E-state index in [1.807, 2.05) is 11.6 Å². The largest absolute Gasteiger partial charge is 0.489 e.